The molecule has 0 aliphatic heterocycles. The van der Waals surface area contributed by atoms with Crippen LogP contribution in [0.25, 0.3) is 10.8 Å². The van der Waals surface area contributed by atoms with E-state index in [0.29, 0.717) is 24.1 Å². The summed E-state index contributed by atoms with van der Waals surface area (Å²) in [5, 5.41) is 4.84. The second-order valence-corrected chi connectivity index (χ2v) is 11.2. The van der Waals surface area contributed by atoms with Gasteiger partial charge in [-0.1, -0.05) is 0 Å². The van der Waals surface area contributed by atoms with Crippen LogP contribution in [0.5, 0.6) is 0 Å². The molecule has 0 bridgehead atoms. The minimum absolute atomic E-state index is 0.0128. The number of aromatic nitrogens is 2. The summed E-state index contributed by atoms with van der Waals surface area (Å²) < 4.78 is 56.5. The third-order valence-corrected chi connectivity index (χ3v) is 8.46. The molecule has 2 N–H and O–H groups in total. The Hall–Kier alpha value is -2.65. The van der Waals surface area contributed by atoms with Crippen LogP contribution in [0.15, 0.2) is 47.8 Å². The third kappa shape index (κ3) is 3.97. The highest BCUT2D eigenvalue weighted by Crippen LogP contribution is 2.43. The topological polar surface area (TPSA) is 84.0 Å². The Bertz CT molecular complexity index is 1340. The Balaban J connectivity index is 1.41. The molecule has 33 heavy (non-hydrogen) atoms. The Morgan fingerprint density at radius 2 is 1.88 bits per heavy atom. The number of anilines is 1. The molecule has 9 heteroatoms. The number of hydrogen-bond donors (Lipinski definition) is 2. The van der Waals surface area contributed by atoms with E-state index >= 15 is 0 Å². The number of halogens is 2. The molecule has 2 aromatic heterocycles. The van der Waals surface area contributed by atoms with Crippen LogP contribution in [0.2, 0.25) is 0 Å². The summed E-state index contributed by atoms with van der Waals surface area (Å²) in [6.07, 6.45) is 7.57. The van der Waals surface area contributed by atoms with E-state index in [9.17, 15) is 17.2 Å². The lowest BCUT2D eigenvalue weighted by atomic mass is 9.89. The first-order chi connectivity index (χ1) is 15.8. The minimum atomic E-state index is -3.99. The minimum Gasteiger partial charge on any atom is -0.380 e. The Kier molecular flexibility index (Phi) is 4.71. The number of pyridine rings is 2. The van der Waals surface area contributed by atoms with Crippen molar-refractivity contribution in [3.63, 3.8) is 0 Å². The summed E-state index contributed by atoms with van der Waals surface area (Å²) in [5.41, 5.74) is 3.48. The molecular weight excluding hydrogens is 446 g/mol. The molecule has 172 valence electrons. The highest BCUT2D eigenvalue weighted by molar-refractivity contribution is 7.89. The van der Waals surface area contributed by atoms with Crippen molar-refractivity contribution in [1.82, 2.24) is 14.7 Å². The van der Waals surface area contributed by atoms with Crippen LogP contribution in [0.4, 0.5) is 14.5 Å². The molecule has 0 amide bonds. The van der Waals surface area contributed by atoms with Crippen molar-refractivity contribution in [2.24, 2.45) is 0 Å². The number of benzene rings is 1. The van der Waals surface area contributed by atoms with Gasteiger partial charge in [0.05, 0.1) is 10.6 Å². The maximum absolute atomic E-state index is 13.6. The van der Waals surface area contributed by atoms with Gasteiger partial charge in [0.25, 0.3) is 5.92 Å². The Morgan fingerprint density at radius 1 is 1.06 bits per heavy atom. The first kappa shape index (κ1) is 20.9. The van der Waals surface area contributed by atoms with Crippen molar-refractivity contribution in [3.05, 3.63) is 59.7 Å². The van der Waals surface area contributed by atoms with Crippen LogP contribution in [-0.2, 0) is 22.9 Å². The summed E-state index contributed by atoms with van der Waals surface area (Å²) in [7, 11) is -3.99. The van der Waals surface area contributed by atoms with Crippen LogP contribution >= 0.6 is 0 Å². The zero-order valence-electron chi connectivity index (χ0n) is 17.9. The molecule has 1 unspecified atom stereocenters. The summed E-state index contributed by atoms with van der Waals surface area (Å²) in [5.74, 6) is -2.42. The fraction of sp³-hybridized carbons (Fsp3) is 0.417. The van der Waals surface area contributed by atoms with Gasteiger partial charge in [-0.25, -0.2) is 21.9 Å². The molecule has 3 aromatic rings. The van der Waals surface area contributed by atoms with E-state index in [0.717, 1.165) is 40.7 Å². The molecule has 1 atom stereocenters. The average molecular weight is 471 g/mol. The molecule has 6 nitrogen and oxygen atoms in total. The highest BCUT2D eigenvalue weighted by atomic mass is 32.2. The second kappa shape index (κ2) is 7.43. The van der Waals surface area contributed by atoms with Gasteiger partial charge in [0.1, 0.15) is 0 Å². The van der Waals surface area contributed by atoms with Crippen molar-refractivity contribution in [3.8, 4) is 0 Å². The monoisotopic (exact) mass is 470 g/mol. The van der Waals surface area contributed by atoms with Gasteiger partial charge in [-0.05, 0) is 61.1 Å². The summed E-state index contributed by atoms with van der Waals surface area (Å²) in [4.78, 5) is 8.93. The number of nitrogens with one attached hydrogen (secondary N) is 2. The number of sulfonamides is 1. The first-order valence-corrected chi connectivity index (χ1v) is 12.8. The fourth-order valence-electron chi connectivity index (χ4n) is 5.09. The number of hydrogen-bond acceptors (Lipinski definition) is 5. The van der Waals surface area contributed by atoms with Crippen molar-refractivity contribution < 1.29 is 17.2 Å². The number of fused-ring (bicyclic) bond motifs is 2. The van der Waals surface area contributed by atoms with Crippen molar-refractivity contribution in [1.29, 1.82) is 0 Å². The molecule has 2 fully saturated rings. The Morgan fingerprint density at radius 3 is 2.58 bits per heavy atom. The van der Waals surface area contributed by atoms with Gasteiger partial charge >= 0.3 is 0 Å². The van der Waals surface area contributed by atoms with Gasteiger partial charge in [-0.3, -0.25) is 9.97 Å². The van der Waals surface area contributed by atoms with Crippen molar-refractivity contribution in [2.45, 2.75) is 67.3 Å². The zero-order valence-corrected chi connectivity index (χ0v) is 18.7. The van der Waals surface area contributed by atoms with Gasteiger partial charge in [-0.2, -0.15) is 0 Å². The maximum atomic E-state index is 13.6. The maximum Gasteiger partial charge on any atom is 0.251 e. The largest absolute Gasteiger partial charge is 0.380 e. The van der Waals surface area contributed by atoms with Gasteiger partial charge in [-0.15, -0.1) is 0 Å². The molecule has 1 aromatic carbocycles. The quantitative estimate of drug-likeness (QED) is 0.565. The third-order valence-electron chi connectivity index (χ3n) is 6.82. The summed E-state index contributed by atoms with van der Waals surface area (Å²) >= 11 is 0. The van der Waals surface area contributed by atoms with E-state index in [1.807, 2.05) is 24.3 Å². The van der Waals surface area contributed by atoms with E-state index in [4.69, 9.17) is 0 Å². The van der Waals surface area contributed by atoms with Gasteiger partial charge in [0.2, 0.25) is 10.0 Å². The second-order valence-electron chi connectivity index (χ2n) is 9.52. The van der Waals surface area contributed by atoms with Gasteiger partial charge < -0.3 is 5.32 Å². The SMILES string of the molecule is O=S(=O)(NC1CC(F)(F)C1)c1c2c(cc3cnc(C4CC4)cc13)CC(Nc1cccnc1)C2. The van der Waals surface area contributed by atoms with Crippen molar-refractivity contribution >= 4 is 26.5 Å². The Labute approximate surface area is 190 Å². The van der Waals surface area contributed by atoms with E-state index in [-0.39, 0.29) is 10.9 Å². The predicted octanol–water partition coefficient (Wildman–Crippen LogP) is 4.16. The van der Waals surface area contributed by atoms with Crippen LogP contribution in [0.3, 0.4) is 0 Å². The van der Waals surface area contributed by atoms with Gasteiger partial charge in [0, 0.05) is 65.9 Å². The van der Waals surface area contributed by atoms with E-state index in [1.54, 1.807) is 18.6 Å². The fourth-order valence-corrected chi connectivity index (χ4v) is 6.81. The van der Waals surface area contributed by atoms with E-state index in [2.05, 4.69) is 20.0 Å². The zero-order chi connectivity index (χ0) is 22.8. The molecule has 3 aliphatic carbocycles. The number of alkyl halides is 2. The van der Waals surface area contributed by atoms with Crippen LogP contribution in [0, 0.1) is 0 Å². The van der Waals surface area contributed by atoms with Gasteiger partial charge in [0.15, 0.2) is 0 Å². The normalized spacial score (nSPS) is 22.2. The number of rotatable bonds is 6. The molecule has 6 rings (SSSR count). The molecule has 3 aliphatic rings. The number of nitrogens with zero attached hydrogens (tertiary/aromatic N) is 2. The van der Waals surface area contributed by atoms with Crippen LogP contribution in [0.1, 0.15) is 48.4 Å². The molecule has 2 saturated carbocycles. The smallest absolute Gasteiger partial charge is 0.251 e. The lowest BCUT2D eigenvalue weighted by molar-refractivity contribution is -0.0876. The van der Waals surface area contributed by atoms with Crippen molar-refractivity contribution in [2.75, 3.05) is 5.32 Å². The van der Waals surface area contributed by atoms with Crippen LogP contribution in [-0.4, -0.2) is 36.4 Å². The molecule has 0 spiro atoms. The molecule has 0 radical (unpaired) electrons. The summed E-state index contributed by atoms with van der Waals surface area (Å²) in [6.45, 7) is 0. The highest BCUT2D eigenvalue weighted by Gasteiger charge is 2.47. The van der Waals surface area contributed by atoms with E-state index < -0.39 is 34.8 Å². The lowest BCUT2D eigenvalue weighted by Crippen LogP contribution is -2.50. The van der Waals surface area contributed by atoms with E-state index in [1.165, 1.54) is 0 Å². The summed E-state index contributed by atoms with van der Waals surface area (Å²) in [6, 6.07) is 6.95. The molecule has 2 heterocycles. The predicted molar refractivity (Wildman–Crippen MR) is 121 cm³/mol. The molecular formula is C24H24F2N4O2S. The van der Waals surface area contributed by atoms with Crippen LogP contribution < -0.4 is 10.0 Å². The molecule has 0 saturated heterocycles. The first-order valence-electron chi connectivity index (χ1n) is 11.3. The average Bonchev–Trinajstić information content (AvgIpc) is 3.51. The lowest BCUT2D eigenvalue weighted by Gasteiger charge is -2.35. The standard InChI is InChI=1S/C24H24F2N4O2S/c25-24(26)10-19(11-24)30-33(31,32)23-20-8-18(29-17-2-1-5-27-13-17)7-15(20)6-16-12-28-22(9-21(16)23)14-3-4-14/h1-2,5-6,9,12-14,18-19,29-30H,3-4,7-8,10-11H2.